The molecule has 3 rings (SSSR count). The smallest absolute Gasteiger partial charge is 0.266 e. The quantitative estimate of drug-likeness (QED) is 0.831. The third-order valence-corrected chi connectivity index (χ3v) is 4.46. The Morgan fingerprint density at radius 1 is 1.00 bits per heavy atom. The first-order valence-electron chi connectivity index (χ1n) is 7.69. The summed E-state index contributed by atoms with van der Waals surface area (Å²) in [4.78, 5) is 6.85. The minimum atomic E-state index is 0.178. The molecule has 5 heteroatoms. The monoisotopic (exact) mass is 264 g/mol. The van der Waals surface area contributed by atoms with Crippen LogP contribution >= 0.6 is 0 Å². The van der Waals surface area contributed by atoms with Crippen molar-refractivity contribution in [3.8, 4) is 0 Å². The van der Waals surface area contributed by atoms with Gasteiger partial charge in [0.15, 0.2) is 0 Å². The van der Waals surface area contributed by atoms with Crippen LogP contribution in [-0.2, 0) is 0 Å². The van der Waals surface area contributed by atoms with Crippen molar-refractivity contribution in [3.63, 3.8) is 0 Å². The Balaban J connectivity index is 1.72. The SMILES string of the molecule is NC1CCCCCC1c1nc(N2CCCCC2)no1. The van der Waals surface area contributed by atoms with E-state index in [0.717, 1.165) is 37.8 Å². The number of nitrogens with zero attached hydrogens (tertiary/aromatic N) is 3. The molecule has 1 aliphatic carbocycles. The van der Waals surface area contributed by atoms with Crippen LogP contribution in [0.15, 0.2) is 4.52 Å². The number of anilines is 1. The van der Waals surface area contributed by atoms with Gasteiger partial charge < -0.3 is 15.2 Å². The van der Waals surface area contributed by atoms with E-state index in [1.165, 1.54) is 38.5 Å². The number of nitrogens with two attached hydrogens (primary N) is 1. The van der Waals surface area contributed by atoms with Crippen molar-refractivity contribution in [1.29, 1.82) is 0 Å². The van der Waals surface area contributed by atoms with Crippen molar-refractivity contribution in [2.24, 2.45) is 5.73 Å². The fourth-order valence-electron chi connectivity index (χ4n) is 3.24. The van der Waals surface area contributed by atoms with Gasteiger partial charge in [-0.05, 0) is 37.3 Å². The lowest BCUT2D eigenvalue weighted by molar-refractivity contribution is 0.325. The number of piperidine rings is 1. The molecular formula is C14H24N4O. The van der Waals surface area contributed by atoms with Crippen LogP contribution < -0.4 is 10.6 Å². The molecule has 1 aromatic rings. The number of hydrogen-bond donors (Lipinski definition) is 1. The van der Waals surface area contributed by atoms with Gasteiger partial charge in [-0.25, -0.2) is 0 Å². The summed E-state index contributed by atoms with van der Waals surface area (Å²) in [5.41, 5.74) is 6.26. The molecule has 1 aliphatic heterocycles. The maximum atomic E-state index is 6.26. The summed E-state index contributed by atoms with van der Waals surface area (Å²) in [6.07, 6.45) is 9.66. The predicted molar refractivity (Wildman–Crippen MR) is 74.2 cm³/mol. The maximum absolute atomic E-state index is 6.26. The molecule has 106 valence electrons. The second-order valence-corrected chi connectivity index (χ2v) is 5.89. The number of aromatic nitrogens is 2. The minimum absolute atomic E-state index is 0.178. The molecule has 1 saturated heterocycles. The highest BCUT2D eigenvalue weighted by Crippen LogP contribution is 2.31. The van der Waals surface area contributed by atoms with Gasteiger partial charge in [-0.1, -0.05) is 19.3 Å². The average molecular weight is 264 g/mol. The summed E-state index contributed by atoms with van der Waals surface area (Å²) in [7, 11) is 0. The lowest BCUT2D eigenvalue weighted by Gasteiger charge is -2.24. The zero-order chi connectivity index (χ0) is 13.1. The molecule has 1 aromatic heterocycles. The van der Waals surface area contributed by atoms with Crippen LogP contribution in [0.25, 0.3) is 0 Å². The molecular weight excluding hydrogens is 240 g/mol. The maximum Gasteiger partial charge on any atom is 0.266 e. The molecule has 2 atom stereocenters. The van der Waals surface area contributed by atoms with Gasteiger partial charge in [0.2, 0.25) is 5.89 Å². The van der Waals surface area contributed by atoms with Crippen LogP contribution in [0.3, 0.4) is 0 Å². The number of hydrogen-bond acceptors (Lipinski definition) is 5. The molecule has 2 fully saturated rings. The van der Waals surface area contributed by atoms with Gasteiger partial charge in [0, 0.05) is 19.1 Å². The van der Waals surface area contributed by atoms with Gasteiger partial charge >= 0.3 is 0 Å². The van der Waals surface area contributed by atoms with Crippen LogP contribution in [0.1, 0.15) is 63.2 Å². The Kier molecular flexibility index (Phi) is 4.01. The molecule has 2 heterocycles. The van der Waals surface area contributed by atoms with E-state index in [9.17, 15) is 0 Å². The lowest BCUT2D eigenvalue weighted by Crippen LogP contribution is -2.30. The summed E-state index contributed by atoms with van der Waals surface area (Å²) in [5.74, 6) is 1.79. The predicted octanol–water partition coefficient (Wildman–Crippen LogP) is 2.43. The highest BCUT2D eigenvalue weighted by atomic mass is 16.5. The van der Waals surface area contributed by atoms with Gasteiger partial charge in [0.1, 0.15) is 0 Å². The number of rotatable bonds is 2. The van der Waals surface area contributed by atoms with Crippen molar-refractivity contribution in [2.75, 3.05) is 18.0 Å². The Labute approximate surface area is 114 Å². The van der Waals surface area contributed by atoms with Gasteiger partial charge in [-0.2, -0.15) is 4.98 Å². The molecule has 19 heavy (non-hydrogen) atoms. The molecule has 0 radical (unpaired) electrons. The summed E-state index contributed by atoms with van der Waals surface area (Å²) >= 11 is 0. The first-order chi connectivity index (χ1) is 9.34. The minimum Gasteiger partial charge on any atom is -0.338 e. The van der Waals surface area contributed by atoms with Crippen LogP contribution in [0.2, 0.25) is 0 Å². The molecule has 5 nitrogen and oxygen atoms in total. The first-order valence-corrected chi connectivity index (χ1v) is 7.69. The van der Waals surface area contributed by atoms with Crippen LogP contribution in [0.5, 0.6) is 0 Å². The van der Waals surface area contributed by atoms with E-state index in [0.29, 0.717) is 0 Å². The summed E-state index contributed by atoms with van der Waals surface area (Å²) in [6, 6.07) is 0.178. The summed E-state index contributed by atoms with van der Waals surface area (Å²) in [5, 5.41) is 4.16. The third-order valence-electron chi connectivity index (χ3n) is 4.46. The fraction of sp³-hybridized carbons (Fsp3) is 0.857. The van der Waals surface area contributed by atoms with E-state index in [4.69, 9.17) is 10.3 Å². The largest absolute Gasteiger partial charge is 0.338 e. The Morgan fingerprint density at radius 2 is 1.74 bits per heavy atom. The first kappa shape index (κ1) is 12.9. The molecule has 2 unspecified atom stereocenters. The van der Waals surface area contributed by atoms with Gasteiger partial charge in [0.25, 0.3) is 5.95 Å². The van der Waals surface area contributed by atoms with Crippen molar-refractivity contribution in [1.82, 2.24) is 10.1 Å². The Morgan fingerprint density at radius 3 is 2.58 bits per heavy atom. The van der Waals surface area contributed by atoms with Gasteiger partial charge in [-0.15, -0.1) is 0 Å². The van der Waals surface area contributed by atoms with E-state index < -0.39 is 0 Å². The van der Waals surface area contributed by atoms with E-state index in [2.05, 4.69) is 15.0 Å². The molecule has 0 spiro atoms. The van der Waals surface area contributed by atoms with E-state index >= 15 is 0 Å². The molecule has 1 saturated carbocycles. The van der Waals surface area contributed by atoms with E-state index in [-0.39, 0.29) is 12.0 Å². The summed E-state index contributed by atoms with van der Waals surface area (Å²) in [6.45, 7) is 2.10. The van der Waals surface area contributed by atoms with Gasteiger partial charge in [0.05, 0.1) is 5.92 Å². The molecule has 0 amide bonds. The average Bonchev–Trinajstić information content (AvgIpc) is 2.83. The van der Waals surface area contributed by atoms with Crippen molar-refractivity contribution < 1.29 is 4.52 Å². The third kappa shape index (κ3) is 2.91. The second kappa shape index (κ2) is 5.90. The Bertz CT molecular complexity index is 400. The molecule has 2 aliphatic rings. The molecule has 2 N–H and O–H groups in total. The van der Waals surface area contributed by atoms with E-state index in [1.54, 1.807) is 0 Å². The van der Waals surface area contributed by atoms with Crippen LogP contribution in [0.4, 0.5) is 5.95 Å². The fourth-order valence-corrected chi connectivity index (χ4v) is 3.24. The van der Waals surface area contributed by atoms with Crippen LogP contribution in [-0.4, -0.2) is 29.3 Å². The van der Waals surface area contributed by atoms with Crippen molar-refractivity contribution >= 4 is 5.95 Å². The normalized spacial score (nSPS) is 29.2. The highest BCUT2D eigenvalue weighted by Gasteiger charge is 2.28. The van der Waals surface area contributed by atoms with E-state index in [1.807, 2.05) is 0 Å². The Hall–Kier alpha value is -1.10. The zero-order valence-corrected chi connectivity index (χ0v) is 11.6. The lowest BCUT2D eigenvalue weighted by atomic mass is 9.95. The van der Waals surface area contributed by atoms with Gasteiger partial charge in [-0.3, -0.25) is 0 Å². The van der Waals surface area contributed by atoms with Crippen molar-refractivity contribution in [2.45, 2.75) is 63.3 Å². The molecule has 0 aromatic carbocycles. The second-order valence-electron chi connectivity index (χ2n) is 5.89. The van der Waals surface area contributed by atoms with Crippen LogP contribution in [0, 0.1) is 0 Å². The standard InChI is InChI=1S/C14H24N4O/c15-12-8-4-1-3-7-11(12)13-16-14(17-19-13)18-9-5-2-6-10-18/h11-12H,1-10,15H2. The zero-order valence-electron chi connectivity index (χ0n) is 11.6. The highest BCUT2D eigenvalue weighted by molar-refractivity contribution is 5.28. The van der Waals surface area contributed by atoms with Crippen molar-refractivity contribution in [3.05, 3.63) is 5.89 Å². The molecule has 0 bridgehead atoms. The topological polar surface area (TPSA) is 68.2 Å². The summed E-state index contributed by atoms with van der Waals surface area (Å²) < 4.78 is 5.50.